The Morgan fingerprint density at radius 3 is 2.86 bits per heavy atom. The van der Waals surface area contributed by atoms with Crippen LogP contribution in [0.15, 0.2) is 11.1 Å². The van der Waals surface area contributed by atoms with Crippen LogP contribution in [0.2, 0.25) is 0 Å². The first-order valence-electron chi connectivity index (χ1n) is 6.44. The fourth-order valence-corrected chi connectivity index (χ4v) is 2.35. The normalized spacial score (nSPS) is 19.4. The molecule has 0 saturated carbocycles. The standard InChI is InChI=1S/C12H19N3O5S/c1-12(2,3)20-11(16)14(4)8-6-15-10(19-7-8)9(5-13-15)21(17)18/h5,8H,6-7H2,1-4H3,(H,17,18)/t8-/m1/s1. The van der Waals surface area contributed by atoms with E-state index in [1.54, 1.807) is 27.8 Å². The largest absolute Gasteiger partial charge is 0.475 e. The molecule has 1 N–H and O–H groups in total. The molecule has 0 spiro atoms. The predicted octanol–water partition coefficient (Wildman–Crippen LogP) is 1.09. The topological polar surface area (TPSA) is 93.9 Å². The minimum Gasteiger partial charge on any atom is -0.475 e. The van der Waals surface area contributed by atoms with Gasteiger partial charge in [-0.05, 0) is 20.8 Å². The molecular formula is C12H19N3O5S. The van der Waals surface area contributed by atoms with E-state index in [4.69, 9.17) is 14.0 Å². The maximum Gasteiger partial charge on any atom is 0.410 e. The first-order valence-corrected chi connectivity index (χ1v) is 7.55. The molecular weight excluding hydrogens is 298 g/mol. The Kier molecular flexibility index (Phi) is 4.24. The van der Waals surface area contributed by atoms with Crippen LogP contribution in [-0.4, -0.2) is 54.8 Å². The lowest BCUT2D eigenvalue weighted by molar-refractivity contribution is 0.0101. The van der Waals surface area contributed by atoms with Crippen LogP contribution in [0.3, 0.4) is 0 Å². The molecule has 9 heteroatoms. The highest BCUT2D eigenvalue weighted by molar-refractivity contribution is 7.79. The second kappa shape index (κ2) is 5.64. The number of likely N-dealkylation sites (N-methyl/N-ethyl adjacent to an activating group) is 1. The first-order chi connectivity index (χ1) is 9.69. The third kappa shape index (κ3) is 3.53. The summed E-state index contributed by atoms with van der Waals surface area (Å²) in [6.45, 7) is 5.98. The van der Waals surface area contributed by atoms with E-state index in [-0.39, 0.29) is 23.4 Å². The highest BCUT2D eigenvalue weighted by Crippen LogP contribution is 2.26. The van der Waals surface area contributed by atoms with Gasteiger partial charge in [0.1, 0.15) is 17.1 Å². The van der Waals surface area contributed by atoms with E-state index in [0.717, 1.165) is 0 Å². The lowest BCUT2D eigenvalue weighted by atomic mass is 10.2. The molecule has 8 nitrogen and oxygen atoms in total. The van der Waals surface area contributed by atoms with Gasteiger partial charge in [-0.25, -0.2) is 13.7 Å². The zero-order chi connectivity index (χ0) is 15.8. The number of rotatable bonds is 2. The van der Waals surface area contributed by atoms with E-state index < -0.39 is 22.8 Å². The van der Waals surface area contributed by atoms with Crippen molar-refractivity contribution < 1.29 is 23.0 Å². The Labute approximate surface area is 125 Å². The number of hydrogen-bond donors (Lipinski definition) is 1. The van der Waals surface area contributed by atoms with Gasteiger partial charge >= 0.3 is 6.09 Å². The summed E-state index contributed by atoms with van der Waals surface area (Å²) in [4.78, 5) is 13.6. The zero-order valence-corrected chi connectivity index (χ0v) is 13.2. The fraction of sp³-hybridized carbons (Fsp3) is 0.667. The van der Waals surface area contributed by atoms with Crippen LogP contribution in [0.1, 0.15) is 20.8 Å². The lowest BCUT2D eigenvalue weighted by Crippen LogP contribution is -2.47. The molecule has 2 rings (SSSR count). The minimum atomic E-state index is -2.14. The molecule has 1 aromatic rings. The Balaban J connectivity index is 2.08. The van der Waals surface area contributed by atoms with Gasteiger partial charge in [-0.2, -0.15) is 5.10 Å². The van der Waals surface area contributed by atoms with Gasteiger partial charge < -0.3 is 18.9 Å². The number of carbonyl (C=O) groups is 1. The summed E-state index contributed by atoms with van der Waals surface area (Å²) in [5.41, 5.74) is -0.571. The van der Waals surface area contributed by atoms with Crippen LogP contribution in [-0.2, 0) is 22.4 Å². The smallest absolute Gasteiger partial charge is 0.410 e. The maximum absolute atomic E-state index is 12.0. The minimum absolute atomic E-state index is 0.133. The van der Waals surface area contributed by atoms with E-state index in [0.29, 0.717) is 6.54 Å². The molecule has 0 fully saturated rings. The quantitative estimate of drug-likeness (QED) is 0.821. The number of carbonyl (C=O) groups excluding carboxylic acids is 1. The number of fused-ring (bicyclic) bond motifs is 1. The monoisotopic (exact) mass is 317 g/mol. The van der Waals surface area contributed by atoms with Crippen LogP contribution in [0.5, 0.6) is 5.88 Å². The lowest BCUT2D eigenvalue weighted by Gasteiger charge is -2.33. The van der Waals surface area contributed by atoms with E-state index >= 15 is 0 Å². The average molecular weight is 317 g/mol. The molecule has 1 aromatic heterocycles. The van der Waals surface area contributed by atoms with Crippen LogP contribution in [0.25, 0.3) is 0 Å². The maximum atomic E-state index is 12.0. The Morgan fingerprint density at radius 1 is 1.62 bits per heavy atom. The molecule has 0 radical (unpaired) electrons. The summed E-state index contributed by atoms with van der Waals surface area (Å²) in [6, 6.07) is -0.257. The molecule has 0 aromatic carbocycles. The van der Waals surface area contributed by atoms with Crippen molar-refractivity contribution >= 4 is 17.2 Å². The number of nitrogens with zero attached hydrogens (tertiary/aromatic N) is 3. The van der Waals surface area contributed by atoms with E-state index in [1.807, 2.05) is 0 Å². The summed E-state index contributed by atoms with van der Waals surface area (Å²) in [6.07, 6.45) is 0.846. The molecule has 1 aliphatic heterocycles. The molecule has 1 unspecified atom stereocenters. The molecule has 1 amide bonds. The van der Waals surface area contributed by atoms with Gasteiger partial charge in [-0.1, -0.05) is 0 Å². The molecule has 2 atom stereocenters. The summed E-state index contributed by atoms with van der Waals surface area (Å²) in [5.74, 6) is 0.268. The zero-order valence-electron chi connectivity index (χ0n) is 12.4. The van der Waals surface area contributed by atoms with Crippen molar-refractivity contribution in [3.8, 4) is 5.88 Å². The van der Waals surface area contributed by atoms with Crippen LogP contribution in [0.4, 0.5) is 4.79 Å². The highest BCUT2D eigenvalue weighted by Gasteiger charge is 2.31. The Hall–Kier alpha value is -1.61. The fourth-order valence-electron chi connectivity index (χ4n) is 1.90. The molecule has 0 bridgehead atoms. The van der Waals surface area contributed by atoms with Gasteiger partial charge in [0.15, 0.2) is 11.1 Å². The number of amides is 1. The third-order valence-electron chi connectivity index (χ3n) is 2.97. The van der Waals surface area contributed by atoms with Gasteiger partial charge in [0.05, 0.1) is 18.8 Å². The molecule has 21 heavy (non-hydrogen) atoms. The summed E-state index contributed by atoms with van der Waals surface area (Å²) in [5, 5.41) is 4.00. The Morgan fingerprint density at radius 2 is 2.29 bits per heavy atom. The van der Waals surface area contributed by atoms with E-state index in [1.165, 1.54) is 15.8 Å². The third-order valence-corrected chi connectivity index (χ3v) is 3.63. The van der Waals surface area contributed by atoms with Crippen molar-refractivity contribution in [3.63, 3.8) is 0 Å². The van der Waals surface area contributed by atoms with Gasteiger partial charge in [-0.15, -0.1) is 0 Å². The predicted molar refractivity (Wildman–Crippen MR) is 74.5 cm³/mol. The van der Waals surface area contributed by atoms with Crippen molar-refractivity contribution in [2.45, 2.75) is 43.9 Å². The second-order valence-electron chi connectivity index (χ2n) is 5.80. The molecule has 0 aliphatic carbocycles. The van der Waals surface area contributed by atoms with Crippen molar-refractivity contribution in [2.75, 3.05) is 13.7 Å². The second-order valence-corrected chi connectivity index (χ2v) is 6.74. The highest BCUT2D eigenvalue weighted by atomic mass is 32.2. The van der Waals surface area contributed by atoms with Crippen LogP contribution in [0, 0.1) is 0 Å². The SMILES string of the molecule is CN(C(=O)OC(C)(C)C)[C@H]1COc2c(S(=O)O)cnn2C1. The molecule has 118 valence electrons. The van der Waals surface area contributed by atoms with Gasteiger partial charge in [-0.3, -0.25) is 0 Å². The summed E-state index contributed by atoms with van der Waals surface area (Å²) < 4.78 is 32.5. The number of hydrogen-bond acceptors (Lipinski definition) is 5. The molecule has 1 aliphatic rings. The van der Waals surface area contributed by atoms with Crippen molar-refractivity contribution in [2.24, 2.45) is 0 Å². The average Bonchev–Trinajstić information content (AvgIpc) is 2.78. The van der Waals surface area contributed by atoms with Gasteiger partial charge in [0.2, 0.25) is 5.88 Å². The van der Waals surface area contributed by atoms with E-state index in [9.17, 15) is 9.00 Å². The van der Waals surface area contributed by atoms with E-state index in [2.05, 4.69) is 5.10 Å². The first kappa shape index (κ1) is 15.8. The number of ether oxygens (including phenoxy) is 2. The van der Waals surface area contributed by atoms with Crippen molar-refractivity contribution in [1.82, 2.24) is 14.7 Å². The van der Waals surface area contributed by atoms with Crippen molar-refractivity contribution in [3.05, 3.63) is 6.20 Å². The molecule has 2 heterocycles. The van der Waals surface area contributed by atoms with Crippen LogP contribution < -0.4 is 4.74 Å². The summed E-state index contributed by atoms with van der Waals surface area (Å²) >= 11 is -2.14. The van der Waals surface area contributed by atoms with Crippen molar-refractivity contribution in [1.29, 1.82) is 0 Å². The summed E-state index contributed by atoms with van der Waals surface area (Å²) in [7, 11) is 1.63. The van der Waals surface area contributed by atoms with Gasteiger partial charge in [0.25, 0.3) is 0 Å². The molecule has 0 saturated heterocycles. The van der Waals surface area contributed by atoms with Crippen LogP contribution >= 0.6 is 0 Å². The Bertz CT molecular complexity index is 566. The van der Waals surface area contributed by atoms with Gasteiger partial charge in [0, 0.05) is 7.05 Å². The number of aromatic nitrogens is 2.